The van der Waals surface area contributed by atoms with Gasteiger partial charge in [-0.2, -0.15) is 0 Å². The van der Waals surface area contributed by atoms with Gasteiger partial charge in [0.05, 0.1) is 30.6 Å². The fourth-order valence-corrected chi connectivity index (χ4v) is 1.41. The standard InChI is InChI=1S/C12H18N2O3/c1-9(2)17-12(16)14(7-8-15)11-6-4-3-5-10(11)13/h3-6,9,15H,7-8,13H2,1-2H3. The second kappa shape index (κ2) is 6.10. The third-order valence-corrected chi connectivity index (χ3v) is 2.11. The molecular weight excluding hydrogens is 220 g/mol. The Labute approximate surface area is 101 Å². The molecule has 1 aromatic rings. The zero-order chi connectivity index (χ0) is 12.8. The van der Waals surface area contributed by atoms with Crippen molar-refractivity contribution < 1.29 is 14.6 Å². The van der Waals surface area contributed by atoms with Crippen LogP contribution in [0, 0.1) is 0 Å². The number of aliphatic hydroxyl groups is 1. The monoisotopic (exact) mass is 238 g/mol. The van der Waals surface area contributed by atoms with Crippen LogP contribution in [0.2, 0.25) is 0 Å². The van der Waals surface area contributed by atoms with Crippen LogP contribution >= 0.6 is 0 Å². The lowest BCUT2D eigenvalue weighted by Gasteiger charge is -2.23. The number of amides is 1. The maximum Gasteiger partial charge on any atom is 0.414 e. The Morgan fingerprint density at radius 2 is 2.12 bits per heavy atom. The van der Waals surface area contributed by atoms with E-state index in [-0.39, 0.29) is 19.3 Å². The number of nitrogens with two attached hydrogens (primary N) is 1. The van der Waals surface area contributed by atoms with E-state index in [2.05, 4.69) is 0 Å². The van der Waals surface area contributed by atoms with Crippen molar-refractivity contribution in [3.05, 3.63) is 24.3 Å². The molecule has 0 bridgehead atoms. The van der Waals surface area contributed by atoms with Gasteiger partial charge < -0.3 is 15.6 Å². The molecule has 0 saturated carbocycles. The van der Waals surface area contributed by atoms with Gasteiger partial charge >= 0.3 is 6.09 Å². The summed E-state index contributed by atoms with van der Waals surface area (Å²) in [6, 6.07) is 6.97. The number of rotatable bonds is 4. The number of anilines is 2. The molecule has 94 valence electrons. The third kappa shape index (κ3) is 3.64. The quantitative estimate of drug-likeness (QED) is 0.781. The summed E-state index contributed by atoms with van der Waals surface area (Å²) in [5, 5.41) is 8.98. The number of nitrogens with zero attached hydrogens (tertiary/aromatic N) is 1. The van der Waals surface area contributed by atoms with E-state index in [9.17, 15) is 4.79 Å². The highest BCUT2D eigenvalue weighted by Crippen LogP contribution is 2.23. The lowest BCUT2D eigenvalue weighted by molar-refractivity contribution is 0.121. The summed E-state index contributed by atoms with van der Waals surface area (Å²) in [4.78, 5) is 13.2. The van der Waals surface area contributed by atoms with E-state index in [0.717, 1.165) is 0 Å². The van der Waals surface area contributed by atoms with Crippen molar-refractivity contribution in [2.45, 2.75) is 20.0 Å². The Balaban J connectivity index is 2.93. The molecule has 0 saturated heterocycles. The number of carbonyl (C=O) groups excluding carboxylic acids is 1. The number of hydrogen-bond acceptors (Lipinski definition) is 4. The van der Waals surface area contributed by atoms with Crippen LogP contribution in [-0.4, -0.2) is 30.5 Å². The molecule has 5 heteroatoms. The van der Waals surface area contributed by atoms with Gasteiger partial charge in [0.2, 0.25) is 0 Å². The first-order valence-corrected chi connectivity index (χ1v) is 5.49. The van der Waals surface area contributed by atoms with Gasteiger partial charge in [0, 0.05) is 0 Å². The molecule has 0 aliphatic heterocycles. The largest absolute Gasteiger partial charge is 0.446 e. The highest BCUT2D eigenvalue weighted by Gasteiger charge is 2.19. The summed E-state index contributed by atoms with van der Waals surface area (Å²) < 4.78 is 5.09. The van der Waals surface area contributed by atoms with E-state index < -0.39 is 6.09 Å². The molecular formula is C12H18N2O3. The highest BCUT2D eigenvalue weighted by molar-refractivity contribution is 5.91. The van der Waals surface area contributed by atoms with E-state index in [4.69, 9.17) is 15.6 Å². The lowest BCUT2D eigenvalue weighted by atomic mass is 10.2. The molecule has 0 aliphatic rings. The van der Waals surface area contributed by atoms with Crippen LogP contribution in [0.4, 0.5) is 16.2 Å². The molecule has 0 spiro atoms. The summed E-state index contributed by atoms with van der Waals surface area (Å²) in [6.07, 6.45) is -0.722. The number of ether oxygens (including phenoxy) is 1. The van der Waals surface area contributed by atoms with E-state index in [1.807, 2.05) is 0 Å². The van der Waals surface area contributed by atoms with Crippen LogP contribution in [0.3, 0.4) is 0 Å². The van der Waals surface area contributed by atoms with E-state index in [1.165, 1.54) is 4.90 Å². The van der Waals surface area contributed by atoms with Crippen LogP contribution < -0.4 is 10.6 Å². The summed E-state index contributed by atoms with van der Waals surface area (Å²) in [5.41, 5.74) is 6.81. The summed E-state index contributed by atoms with van der Waals surface area (Å²) >= 11 is 0. The molecule has 1 rings (SSSR count). The van der Waals surface area contributed by atoms with Gasteiger partial charge in [-0.05, 0) is 26.0 Å². The third-order valence-electron chi connectivity index (χ3n) is 2.11. The number of carbonyl (C=O) groups is 1. The van der Waals surface area contributed by atoms with Crippen LogP contribution in [0.1, 0.15) is 13.8 Å². The Kier molecular flexibility index (Phi) is 4.78. The van der Waals surface area contributed by atoms with Crippen molar-refractivity contribution in [2.24, 2.45) is 0 Å². The number of para-hydroxylation sites is 2. The number of nitrogen functional groups attached to an aromatic ring is 1. The normalized spacial score (nSPS) is 10.4. The van der Waals surface area contributed by atoms with Crippen LogP contribution in [-0.2, 0) is 4.74 Å². The minimum Gasteiger partial charge on any atom is -0.446 e. The topological polar surface area (TPSA) is 75.8 Å². The van der Waals surface area contributed by atoms with Gasteiger partial charge in [-0.3, -0.25) is 4.90 Å². The zero-order valence-electron chi connectivity index (χ0n) is 10.1. The fraction of sp³-hybridized carbons (Fsp3) is 0.417. The van der Waals surface area contributed by atoms with Gasteiger partial charge in [-0.25, -0.2) is 4.79 Å². The molecule has 0 radical (unpaired) electrons. The second-order valence-corrected chi connectivity index (χ2v) is 3.87. The summed E-state index contributed by atoms with van der Waals surface area (Å²) in [6.45, 7) is 3.54. The molecule has 5 nitrogen and oxygen atoms in total. The first-order valence-electron chi connectivity index (χ1n) is 5.49. The summed E-state index contributed by atoms with van der Waals surface area (Å²) in [5.74, 6) is 0. The maximum atomic E-state index is 11.8. The van der Waals surface area contributed by atoms with E-state index in [1.54, 1.807) is 38.1 Å². The Hall–Kier alpha value is -1.75. The van der Waals surface area contributed by atoms with Crippen molar-refractivity contribution >= 4 is 17.5 Å². The van der Waals surface area contributed by atoms with Crippen LogP contribution in [0.5, 0.6) is 0 Å². The minimum absolute atomic E-state index is 0.151. The SMILES string of the molecule is CC(C)OC(=O)N(CCO)c1ccccc1N. The van der Waals surface area contributed by atoms with Crippen molar-refractivity contribution in [3.8, 4) is 0 Å². The van der Waals surface area contributed by atoms with Gasteiger partial charge in [0.1, 0.15) is 0 Å². The summed E-state index contributed by atoms with van der Waals surface area (Å²) in [7, 11) is 0. The molecule has 1 aromatic carbocycles. The average molecular weight is 238 g/mol. The fourth-order valence-electron chi connectivity index (χ4n) is 1.41. The molecule has 1 amide bonds. The molecule has 3 N–H and O–H groups in total. The Morgan fingerprint density at radius 1 is 1.47 bits per heavy atom. The molecule has 0 aromatic heterocycles. The first kappa shape index (κ1) is 13.3. The first-order chi connectivity index (χ1) is 8.06. The molecule has 0 fully saturated rings. The van der Waals surface area contributed by atoms with Gasteiger partial charge in [0.15, 0.2) is 0 Å². The molecule has 0 aliphatic carbocycles. The van der Waals surface area contributed by atoms with E-state index >= 15 is 0 Å². The average Bonchev–Trinajstić information content (AvgIpc) is 2.26. The molecule has 0 heterocycles. The molecule has 17 heavy (non-hydrogen) atoms. The van der Waals surface area contributed by atoms with Crippen molar-refractivity contribution in [3.63, 3.8) is 0 Å². The van der Waals surface area contributed by atoms with Crippen molar-refractivity contribution in [1.29, 1.82) is 0 Å². The predicted molar refractivity (Wildman–Crippen MR) is 66.9 cm³/mol. The van der Waals surface area contributed by atoms with Crippen LogP contribution in [0.15, 0.2) is 24.3 Å². The van der Waals surface area contributed by atoms with E-state index in [0.29, 0.717) is 11.4 Å². The molecule has 0 atom stereocenters. The second-order valence-electron chi connectivity index (χ2n) is 3.87. The predicted octanol–water partition coefficient (Wildman–Crippen LogP) is 1.61. The van der Waals surface area contributed by atoms with Crippen molar-refractivity contribution in [1.82, 2.24) is 0 Å². The van der Waals surface area contributed by atoms with Gasteiger partial charge in [-0.1, -0.05) is 12.1 Å². The van der Waals surface area contributed by atoms with Gasteiger partial charge in [-0.15, -0.1) is 0 Å². The molecule has 0 unspecified atom stereocenters. The van der Waals surface area contributed by atoms with Gasteiger partial charge in [0.25, 0.3) is 0 Å². The number of aliphatic hydroxyl groups excluding tert-OH is 1. The van der Waals surface area contributed by atoms with Crippen LogP contribution in [0.25, 0.3) is 0 Å². The zero-order valence-corrected chi connectivity index (χ0v) is 10.1. The maximum absolute atomic E-state index is 11.8. The Morgan fingerprint density at radius 3 is 2.65 bits per heavy atom. The highest BCUT2D eigenvalue weighted by atomic mass is 16.6. The number of benzene rings is 1. The Bertz CT molecular complexity index is 380. The minimum atomic E-state index is -0.507. The smallest absolute Gasteiger partial charge is 0.414 e. The number of hydrogen-bond donors (Lipinski definition) is 2. The lowest BCUT2D eigenvalue weighted by Crippen LogP contribution is -2.35. The van der Waals surface area contributed by atoms with Crippen molar-refractivity contribution in [2.75, 3.05) is 23.8 Å².